The molecule has 0 unspecified atom stereocenters. The molecule has 0 aliphatic heterocycles. The first kappa shape index (κ1) is 13.5. The molecule has 0 spiro atoms. The van der Waals surface area contributed by atoms with Crippen molar-refractivity contribution in [1.82, 2.24) is 15.0 Å². The Hall–Kier alpha value is -1.43. The van der Waals surface area contributed by atoms with Crippen molar-refractivity contribution in [2.75, 3.05) is 0 Å². The molecule has 0 bridgehead atoms. The highest BCUT2D eigenvalue weighted by atomic mass is 79.9. The molecule has 20 heavy (non-hydrogen) atoms. The van der Waals surface area contributed by atoms with Crippen molar-refractivity contribution in [3.05, 3.63) is 22.6 Å². The number of fused-ring (bicyclic) bond motifs is 1. The number of aromatic amines is 1. The summed E-state index contributed by atoms with van der Waals surface area (Å²) in [6.45, 7) is 0. The SMILES string of the molecule is O=C(O)C1(Cc2nc3ncc(Br)cc3[nH]2)CCCCC1. The van der Waals surface area contributed by atoms with Gasteiger partial charge in [-0.15, -0.1) is 0 Å². The maximum atomic E-state index is 11.7. The van der Waals surface area contributed by atoms with Gasteiger partial charge in [0.25, 0.3) is 0 Å². The predicted molar refractivity (Wildman–Crippen MR) is 78.4 cm³/mol. The monoisotopic (exact) mass is 337 g/mol. The highest BCUT2D eigenvalue weighted by Crippen LogP contribution is 2.39. The molecule has 1 aliphatic rings. The summed E-state index contributed by atoms with van der Waals surface area (Å²) >= 11 is 3.37. The third kappa shape index (κ3) is 2.44. The van der Waals surface area contributed by atoms with Crippen LogP contribution in [0.25, 0.3) is 11.2 Å². The lowest BCUT2D eigenvalue weighted by Gasteiger charge is -2.32. The van der Waals surface area contributed by atoms with Gasteiger partial charge < -0.3 is 10.1 Å². The summed E-state index contributed by atoms with van der Waals surface area (Å²) < 4.78 is 0.880. The van der Waals surface area contributed by atoms with E-state index in [0.29, 0.717) is 12.1 Å². The minimum Gasteiger partial charge on any atom is -0.481 e. The van der Waals surface area contributed by atoms with Crippen molar-refractivity contribution in [3.8, 4) is 0 Å². The Morgan fingerprint density at radius 1 is 1.40 bits per heavy atom. The van der Waals surface area contributed by atoms with Crippen molar-refractivity contribution in [2.45, 2.75) is 38.5 Å². The van der Waals surface area contributed by atoms with Crippen LogP contribution in [0.3, 0.4) is 0 Å². The smallest absolute Gasteiger partial charge is 0.310 e. The number of carboxylic acid groups (broad SMARTS) is 1. The third-order valence-electron chi connectivity index (χ3n) is 4.12. The molecule has 2 heterocycles. The van der Waals surface area contributed by atoms with Crippen LogP contribution in [0.4, 0.5) is 0 Å². The normalized spacial score (nSPS) is 18.2. The lowest BCUT2D eigenvalue weighted by Crippen LogP contribution is -2.35. The van der Waals surface area contributed by atoms with Gasteiger partial charge in [0.15, 0.2) is 5.65 Å². The van der Waals surface area contributed by atoms with E-state index in [0.717, 1.165) is 47.9 Å². The molecule has 0 atom stereocenters. The van der Waals surface area contributed by atoms with Gasteiger partial charge in [0, 0.05) is 17.1 Å². The number of aliphatic carboxylic acids is 1. The number of nitrogens with one attached hydrogen (secondary N) is 1. The Morgan fingerprint density at radius 3 is 2.85 bits per heavy atom. The van der Waals surface area contributed by atoms with E-state index in [1.807, 2.05) is 6.07 Å². The van der Waals surface area contributed by atoms with Gasteiger partial charge in [0.05, 0.1) is 10.9 Å². The lowest BCUT2D eigenvalue weighted by atomic mass is 9.72. The number of carbonyl (C=O) groups is 1. The number of pyridine rings is 1. The molecule has 0 amide bonds. The highest BCUT2D eigenvalue weighted by molar-refractivity contribution is 9.10. The molecule has 6 heteroatoms. The van der Waals surface area contributed by atoms with Gasteiger partial charge in [-0.05, 0) is 34.8 Å². The molecular formula is C14H16BrN3O2. The fourth-order valence-corrected chi connectivity index (χ4v) is 3.35. The Kier molecular flexibility index (Phi) is 3.50. The average molecular weight is 338 g/mol. The third-order valence-corrected chi connectivity index (χ3v) is 4.56. The second-order valence-corrected chi connectivity index (χ2v) is 6.45. The fourth-order valence-electron chi connectivity index (χ4n) is 3.02. The zero-order valence-electron chi connectivity index (χ0n) is 11.0. The summed E-state index contributed by atoms with van der Waals surface area (Å²) in [5.41, 5.74) is 0.814. The molecule has 2 aromatic rings. The number of halogens is 1. The molecule has 2 aromatic heterocycles. The maximum Gasteiger partial charge on any atom is 0.310 e. The standard InChI is InChI=1S/C14H16BrN3O2/c15-9-6-10-12(16-8-9)18-11(17-10)7-14(13(19)20)4-2-1-3-5-14/h6,8H,1-5,7H2,(H,19,20)(H,16,17,18). The second-order valence-electron chi connectivity index (χ2n) is 5.53. The first-order valence-corrected chi connectivity index (χ1v) is 7.62. The van der Waals surface area contributed by atoms with E-state index in [1.165, 1.54) is 0 Å². The Labute approximate surface area is 124 Å². The minimum absolute atomic E-state index is 0.455. The first-order valence-electron chi connectivity index (χ1n) is 6.83. The van der Waals surface area contributed by atoms with Gasteiger partial charge in [-0.25, -0.2) is 9.97 Å². The number of carboxylic acids is 1. The molecular weight excluding hydrogens is 322 g/mol. The van der Waals surface area contributed by atoms with Crippen LogP contribution in [0.2, 0.25) is 0 Å². The van der Waals surface area contributed by atoms with E-state index in [2.05, 4.69) is 30.9 Å². The summed E-state index contributed by atoms with van der Waals surface area (Å²) in [7, 11) is 0. The van der Waals surface area contributed by atoms with Gasteiger partial charge >= 0.3 is 5.97 Å². The summed E-state index contributed by atoms with van der Waals surface area (Å²) in [5.74, 6) is 0.0155. The Balaban J connectivity index is 1.92. The quantitative estimate of drug-likeness (QED) is 0.900. The number of hydrogen-bond donors (Lipinski definition) is 2. The number of imidazole rings is 1. The van der Waals surface area contributed by atoms with Crippen LogP contribution in [0, 0.1) is 5.41 Å². The topological polar surface area (TPSA) is 78.9 Å². The van der Waals surface area contributed by atoms with E-state index in [1.54, 1.807) is 6.20 Å². The van der Waals surface area contributed by atoms with Crippen molar-refractivity contribution >= 4 is 33.1 Å². The van der Waals surface area contributed by atoms with Gasteiger partial charge in [0.1, 0.15) is 5.82 Å². The minimum atomic E-state index is -0.702. The molecule has 3 rings (SSSR count). The summed E-state index contributed by atoms with van der Waals surface area (Å²) in [4.78, 5) is 23.5. The molecule has 0 aromatic carbocycles. The number of H-pyrrole nitrogens is 1. The van der Waals surface area contributed by atoms with E-state index in [9.17, 15) is 9.90 Å². The molecule has 1 aliphatic carbocycles. The maximum absolute atomic E-state index is 11.7. The van der Waals surface area contributed by atoms with Gasteiger partial charge in [-0.2, -0.15) is 0 Å². The van der Waals surface area contributed by atoms with Crippen molar-refractivity contribution in [2.24, 2.45) is 5.41 Å². The number of aromatic nitrogens is 3. The number of rotatable bonds is 3. The summed E-state index contributed by atoms with van der Waals surface area (Å²) in [6, 6.07) is 1.91. The molecule has 1 saturated carbocycles. The van der Waals surface area contributed by atoms with Crippen LogP contribution in [0.15, 0.2) is 16.7 Å². The largest absolute Gasteiger partial charge is 0.481 e. The van der Waals surface area contributed by atoms with E-state index >= 15 is 0 Å². The highest BCUT2D eigenvalue weighted by Gasteiger charge is 2.40. The van der Waals surface area contributed by atoms with Crippen LogP contribution >= 0.6 is 15.9 Å². The van der Waals surface area contributed by atoms with Gasteiger partial charge in [0.2, 0.25) is 0 Å². The average Bonchev–Trinajstić information content (AvgIpc) is 2.80. The Morgan fingerprint density at radius 2 is 2.15 bits per heavy atom. The molecule has 2 N–H and O–H groups in total. The summed E-state index contributed by atoms with van der Waals surface area (Å²) in [6.07, 6.45) is 6.71. The van der Waals surface area contributed by atoms with Crippen molar-refractivity contribution < 1.29 is 9.90 Å². The molecule has 0 saturated heterocycles. The molecule has 106 valence electrons. The zero-order chi connectivity index (χ0) is 14.2. The van der Waals surface area contributed by atoms with Crippen molar-refractivity contribution in [3.63, 3.8) is 0 Å². The number of nitrogens with zero attached hydrogens (tertiary/aromatic N) is 2. The van der Waals surface area contributed by atoms with Gasteiger partial charge in [-0.1, -0.05) is 19.3 Å². The second kappa shape index (κ2) is 5.16. The van der Waals surface area contributed by atoms with Crippen LogP contribution in [0.1, 0.15) is 37.9 Å². The predicted octanol–water partition coefficient (Wildman–Crippen LogP) is 3.30. The van der Waals surface area contributed by atoms with Gasteiger partial charge in [-0.3, -0.25) is 4.79 Å². The van der Waals surface area contributed by atoms with Crippen LogP contribution in [-0.2, 0) is 11.2 Å². The number of hydrogen-bond acceptors (Lipinski definition) is 3. The van der Waals surface area contributed by atoms with Crippen LogP contribution in [-0.4, -0.2) is 26.0 Å². The van der Waals surface area contributed by atoms with Crippen LogP contribution in [0.5, 0.6) is 0 Å². The molecule has 1 fully saturated rings. The Bertz CT molecular complexity index is 647. The zero-order valence-corrected chi connectivity index (χ0v) is 12.6. The molecule has 0 radical (unpaired) electrons. The van der Waals surface area contributed by atoms with Crippen LogP contribution < -0.4 is 0 Å². The molecule has 5 nitrogen and oxygen atoms in total. The van der Waals surface area contributed by atoms with E-state index < -0.39 is 11.4 Å². The summed E-state index contributed by atoms with van der Waals surface area (Å²) in [5, 5.41) is 9.60. The van der Waals surface area contributed by atoms with E-state index in [-0.39, 0.29) is 0 Å². The fraction of sp³-hybridized carbons (Fsp3) is 0.500. The lowest BCUT2D eigenvalue weighted by molar-refractivity contribution is -0.151. The van der Waals surface area contributed by atoms with E-state index in [4.69, 9.17) is 0 Å². The first-order chi connectivity index (χ1) is 9.59. The van der Waals surface area contributed by atoms with Crippen molar-refractivity contribution in [1.29, 1.82) is 0 Å².